The van der Waals surface area contributed by atoms with Crippen molar-refractivity contribution in [2.75, 3.05) is 6.61 Å². The Labute approximate surface area is 124 Å². The Balaban J connectivity index is 2.32. The summed E-state index contributed by atoms with van der Waals surface area (Å²) in [6.45, 7) is 2.56. The molecule has 0 amide bonds. The molecule has 0 aromatic heterocycles. The highest BCUT2D eigenvalue weighted by Gasteiger charge is 2.02. The van der Waals surface area contributed by atoms with E-state index in [2.05, 4.69) is 12.1 Å². The second-order valence-electron chi connectivity index (χ2n) is 4.36. The van der Waals surface area contributed by atoms with E-state index in [-0.39, 0.29) is 0 Å². The number of hydrogen-bond donors (Lipinski definition) is 0. The van der Waals surface area contributed by atoms with E-state index in [4.69, 9.17) is 10.00 Å². The van der Waals surface area contributed by atoms with E-state index >= 15 is 0 Å². The molecule has 102 valence electrons. The largest absolute Gasteiger partial charge is 0.494 e. The van der Waals surface area contributed by atoms with Gasteiger partial charge in [-0.3, -0.25) is 0 Å². The zero-order valence-electron chi connectivity index (χ0n) is 11.7. The molecule has 21 heavy (non-hydrogen) atoms. The first kappa shape index (κ1) is 14.4. The Hall–Kier alpha value is -3.04. The number of nitrogens with zero attached hydrogens (tertiary/aromatic N) is 2. The molecule has 3 nitrogen and oxygen atoms in total. The smallest absolute Gasteiger partial charge is 0.119 e. The average molecular weight is 274 g/mol. The first-order chi connectivity index (χ1) is 10.3. The summed E-state index contributed by atoms with van der Waals surface area (Å²) in [5, 5.41) is 18.2. The fourth-order valence-electron chi connectivity index (χ4n) is 1.93. The molecule has 0 radical (unpaired) electrons. The van der Waals surface area contributed by atoms with Gasteiger partial charge in [0.25, 0.3) is 0 Å². The number of allylic oxidation sites excluding steroid dienone is 1. The van der Waals surface area contributed by atoms with E-state index in [1.54, 1.807) is 24.3 Å². The summed E-state index contributed by atoms with van der Waals surface area (Å²) in [7, 11) is 0. The van der Waals surface area contributed by atoms with Crippen molar-refractivity contribution in [2.45, 2.75) is 6.92 Å². The van der Waals surface area contributed by atoms with Crippen LogP contribution in [0.4, 0.5) is 0 Å². The molecule has 0 unspecified atom stereocenters. The lowest BCUT2D eigenvalue weighted by atomic mass is 10.0. The van der Waals surface area contributed by atoms with Crippen LogP contribution in [0.2, 0.25) is 0 Å². The highest BCUT2D eigenvalue weighted by atomic mass is 16.5. The third-order valence-corrected chi connectivity index (χ3v) is 2.93. The quantitative estimate of drug-likeness (QED) is 0.625. The average Bonchev–Trinajstić information content (AvgIpc) is 2.54. The van der Waals surface area contributed by atoms with Crippen molar-refractivity contribution in [1.29, 1.82) is 10.5 Å². The van der Waals surface area contributed by atoms with Gasteiger partial charge in [0, 0.05) is 0 Å². The van der Waals surface area contributed by atoms with E-state index < -0.39 is 0 Å². The van der Waals surface area contributed by atoms with E-state index in [1.165, 1.54) is 0 Å². The molecule has 2 rings (SSSR count). The molecule has 0 saturated heterocycles. The van der Waals surface area contributed by atoms with Crippen molar-refractivity contribution in [2.24, 2.45) is 0 Å². The van der Waals surface area contributed by atoms with Gasteiger partial charge in [-0.2, -0.15) is 10.5 Å². The highest BCUT2D eigenvalue weighted by molar-refractivity contribution is 5.89. The second-order valence-corrected chi connectivity index (χ2v) is 4.36. The Morgan fingerprint density at radius 3 is 2.52 bits per heavy atom. The Bertz CT molecular complexity index is 731. The lowest BCUT2D eigenvalue weighted by Gasteiger charge is -2.03. The fourth-order valence-corrected chi connectivity index (χ4v) is 1.93. The summed E-state index contributed by atoms with van der Waals surface area (Å²) in [5.74, 6) is 0.805. The summed E-state index contributed by atoms with van der Waals surface area (Å²) in [6, 6.07) is 18.8. The van der Waals surface area contributed by atoms with Crippen LogP contribution in [-0.2, 0) is 0 Å². The predicted molar refractivity (Wildman–Crippen MR) is 82.3 cm³/mol. The molecule has 0 aliphatic rings. The van der Waals surface area contributed by atoms with Crippen LogP contribution in [0.15, 0.2) is 48.5 Å². The van der Waals surface area contributed by atoms with Crippen LogP contribution >= 0.6 is 0 Å². The van der Waals surface area contributed by atoms with E-state index in [9.17, 15) is 5.26 Å². The van der Waals surface area contributed by atoms with Crippen molar-refractivity contribution >= 4 is 11.6 Å². The van der Waals surface area contributed by atoms with Crippen LogP contribution in [0.1, 0.15) is 23.6 Å². The summed E-state index contributed by atoms with van der Waals surface area (Å²) in [4.78, 5) is 0. The molecule has 0 fully saturated rings. The first-order valence-electron chi connectivity index (χ1n) is 6.62. The predicted octanol–water partition coefficient (Wildman–Crippen LogP) is 4.02. The zero-order chi connectivity index (χ0) is 15.1. The zero-order valence-corrected chi connectivity index (χ0v) is 11.7. The summed E-state index contributed by atoms with van der Waals surface area (Å²) < 4.78 is 5.39. The van der Waals surface area contributed by atoms with Crippen molar-refractivity contribution in [1.82, 2.24) is 0 Å². The summed E-state index contributed by atoms with van der Waals surface area (Å²) in [6.07, 6.45) is 1.80. The van der Waals surface area contributed by atoms with Gasteiger partial charge in [0.1, 0.15) is 5.75 Å². The van der Waals surface area contributed by atoms with Crippen molar-refractivity contribution < 1.29 is 4.74 Å². The molecular weight excluding hydrogens is 260 g/mol. The van der Waals surface area contributed by atoms with Gasteiger partial charge in [-0.15, -0.1) is 0 Å². The normalized spacial score (nSPS) is 10.5. The molecule has 0 aliphatic carbocycles. The fraction of sp³-hybridized carbons (Fsp3) is 0.111. The third kappa shape index (κ3) is 3.72. The van der Waals surface area contributed by atoms with Crippen molar-refractivity contribution in [3.05, 3.63) is 65.2 Å². The van der Waals surface area contributed by atoms with Gasteiger partial charge >= 0.3 is 0 Å². The maximum atomic E-state index is 9.32. The van der Waals surface area contributed by atoms with Gasteiger partial charge < -0.3 is 4.74 Å². The minimum Gasteiger partial charge on any atom is -0.494 e. The van der Waals surface area contributed by atoms with E-state index in [0.29, 0.717) is 17.7 Å². The molecule has 0 heterocycles. The van der Waals surface area contributed by atoms with Gasteiger partial charge in [0.2, 0.25) is 0 Å². The first-order valence-corrected chi connectivity index (χ1v) is 6.62. The maximum absolute atomic E-state index is 9.32. The summed E-state index contributed by atoms with van der Waals surface area (Å²) >= 11 is 0. The molecule has 0 N–H and O–H groups in total. The van der Waals surface area contributed by atoms with Crippen LogP contribution in [0, 0.1) is 22.7 Å². The third-order valence-electron chi connectivity index (χ3n) is 2.93. The Morgan fingerprint density at radius 2 is 1.90 bits per heavy atom. The van der Waals surface area contributed by atoms with Crippen LogP contribution in [-0.4, -0.2) is 6.61 Å². The molecule has 0 atom stereocenters. The SMILES string of the molecule is CCOc1ccc(/C=C(/C#N)c2cccc(C#N)c2)cc1. The molecule has 0 bridgehead atoms. The van der Waals surface area contributed by atoms with E-state index in [1.807, 2.05) is 37.3 Å². The van der Waals surface area contributed by atoms with Crippen LogP contribution < -0.4 is 4.74 Å². The molecule has 0 aliphatic heterocycles. The number of nitriles is 2. The number of benzene rings is 2. The van der Waals surface area contributed by atoms with Crippen LogP contribution in [0.3, 0.4) is 0 Å². The minimum atomic E-state index is 0.524. The monoisotopic (exact) mass is 274 g/mol. The van der Waals surface area contributed by atoms with Crippen LogP contribution in [0.5, 0.6) is 5.75 Å². The van der Waals surface area contributed by atoms with E-state index in [0.717, 1.165) is 16.9 Å². The Kier molecular flexibility index (Phi) is 4.75. The Morgan fingerprint density at radius 1 is 1.14 bits per heavy atom. The number of rotatable bonds is 4. The van der Waals surface area contributed by atoms with Crippen LogP contribution in [0.25, 0.3) is 11.6 Å². The molecular formula is C18H14N2O. The lowest BCUT2D eigenvalue weighted by molar-refractivity contribution is 0.340. The van der Waals surface area contributed by atoms with Gasteiger partial charge in [0.05, 0.1) is 29.9 Å². The van der Waals surface area contributed by atoms with Gasteiger partial charge in [0.15, 0.2) is 0 Å². The van der Waals surface area contributed by atoms with Crippen molar-refractivity contribution in [3.63, 3.8) is 0 Å². The van der Waals surface area contributed by atoms with Crippen molar-refractivity contribution in [3.8, 4) is 17.9 Å². The lowest BCUT2D eigenvalue weighted by Crippen LogP contribution is -1.90. The van der Waals surface area contributed by atoms with Gasteiger partial charge in [-0.25, -0.2) is 0 Å². The molecule has 0 saturated carbocycles. The number of hydrogen-bond acceptors (Lipinski definition) is 3. The molecule has 2 aromatic rings. The van der Waals surface area contributed by atoms with Gasteiger partial charge in [-0.05, 0) is 48.4 Å². The topological polar surface area (TPSA) is 56.8 Å². The van der Waals surface area contributed by atoms with Gasteiger partial charge in [-0.1, -0.05) is 24.3 Å². The summed E-state index contributed by atoms with van der Waals surface area (Å²) in [5.41, 5.74) is 2.72. The number of ether oxygens (including phenoxy) is 1. The molecule has 2 aromatic carbocycles. The second kappa shape index (κ2) is 6.93. The maximum Gasteiger partial charge on any atom is 0.119 e. The highest BCUT2D eigenvalue weighted by Crippen LogP contribution is 2.20. The molecule has 3 heteroatoms. The molecule has 0 spiro atoms. The standard InChI is InChI=1S/C18H14N2O/c1-2-21-18-8-6-14(7-9-18)10-17(13-20)16-5-3-4-15(11-16)12-19/h3-11H,2H2,1H3/b17-10-. The minimum absolute atomic E-state index is 0.524.